The van der Waals surface area contributed by atoms with Gasteiger partial charge >= 0.3 is 21.2 Å². The lowest BCUT2D eigenvalue weighted by Gasteiger charge is -2.10. The van der Waals surface area contributed by atoms with Gasteiger partial charge in [-0.1, -0.05) is 77.9 Å². The first-order valence-electron chi connectivity index (χ1n) is 21.2. The first kappa shape index (κ1) is 56.9. The Kier molecular flexibility index (Phi) is 19.7. The Bertz CT molecular complexity index is 3720. The zero-order chi connectivity index (χ0) is 54.2. The second-order valence-corrected chi connectivity index (χ2v) is 21.4. The number of methoxy groups -OCH3 is 2. The van der Waals surface area contributed by atoms with Crippen LogP contribution in [0.5, 0.6) is 34.5 Å². The fraction of sp³-hybridized carbons (Fsp3) is 0.0769. The van der Waals surface area contributed by atoms with E-state index in [1.165, 1.54) is 31.4 Å². The summed E-state index contributed by atoms with van der Waals surface area (Å²) >= 11 is 0. The Labute approximate surface area is 431 Å². The van der Waals surface area contributed by atoms with Crippen molar-refractivity contribution in [1.82, 2.24) is 0 Å². The zero-order valence-corrected chi connectivity index (χ0v) is 43.5. The molecular weight excluding hydrogens is 1060 g/mol. The third-order valence-electron chi connectivity index (χ3n) is 10.3. The van der Waals surface area contributed by atoms with E-state index in [4.69, 9.17) is 44.2 Å². The molecule has 0 atom stereocenters. The molecule has 0 aliphatic heterocycles. The van der Waals surface area contributed by atoms with Crippen molar-refractivity contribution in [2.75, 3.05) is 14.2 Å². The van der Waals surface area contributed by atoms with Gasteiger partial charge in [0.1, 0.15) is 39.4 Å². The first-order valence-corrected chi connectivity index (χ1v) is 27.6. The molecule has 22 heteroatoms. The van der Waals surface area contributed by atoms with Crippen molar-refractivity contribution in [3.63, 3.8) is 0 Å². The molecule has 0 radical (unpaired) electrons. The zero-order valence-electron chi connectivity index (χ0n) is 39.4. The molecule has 0 amide bonds. The second-order valence-electron chi connectivity index (χ2n) is 15.3. The fourth-order valence-electron chi connectivity index (χ4n) is 6.63. The number of rotatable bonds is 13. The lowest BCUT2D eigenvalue weighted by molar-refractivity contribution is 0.397. The predicted molar refractivity (Wildman–Crippen MR) is 272 cm³/mol. The maximum Gasteiger partial charge on any atom is 0.425 e. The molecule has 0 aromatic heterocycles. The van der Waals surface area contributed by atoms with E-state index in [9.17, 15) is 29.8 Å². The van der Waals surface area contributed by atoms with Crippen LogP contribution in [0.25, 0.3) is 22.3 Å². The fourth-order valence-corrected chi connectivity index (χ4v) is 9.83. The van der Waals surface area contributed by atoms with Gasteiger partial charge in [-0.3, -0.25) is 4.55 Å². The molecule has 0 bridgehead atoms. The number of ether oxygens (including phenoxy) is 4. The summed E-state index contributed by atoms with van der Waals surface area (Å²) < 4.78 is 157. The van der Waals surface area contributed by atoms with Gasteiger partial charge in [0, 0.05) is 0 Å². The van der Waals surface area contributed by atoms with Gasteiger partial charge < -0.3 is 18.9 Å². The van der Waals surface area contributed by atoms with Gasteiger partial charge in [0.15, 0.2) is 0 Å². The van der Waals surface area contributed by atoms with E-state index >= 15 is 0 Å². The Morgan fingerprint density at radius 3 is 0.892 bits per heavy atom. The Balaban J connectivity index is 0.000000241. The molecule has 74 heavy (non-hydrogen) atoms. The van der Waals surface area contributed by atoms with E-state index < -0.39 is 51.0 Å². The molecule has 384 valence electrons. The quantitative estimate of drug-likeness (QED) is 0.105. The van der Waals surface area contributed by atoms with E-state index in [-0.39, 0.29) is 30.2 Å². The van der Waals surface area contributed by atoms with Crippen LogP contribution < -0.4 is 18.9 Å². The van der Waals surface area contributed by atoms with Gasteiger partial charge in [-0.05, 0) is 157 Å². The van der Waals surface area contributed by atoms with Crippen LogP contribution >= 0.6 is 0 Å². The minimum absolute atomic E-state index is 0.0454. The summed E-state index contributed by atoms with van der Waals surface area (Å²) in [5.41, 5.74) is 5.40. The molecule has 8 aromatic carbocycles. The molecule has 0 saturated carbocycles. The second kappa shape index (κ2) is 25.6. The van der Waals surface area contributed by atoms with Gasteiger partial charge in [0.25, 0.3) is 10.1 Å². The SMILES string of the molecule is COc1ccc(-c2ccc(Oc3ccc(S(=O)(=O)c4ccc(C)cc4)cc3)cc2)cc1.COc1ccc(-c2ccc(Oc3ccc(S(=O)(=O)c4ccc(C)cc4)cc3)cc2)cc1S(=O)(=O)O.O=S(=O)=O.O=S(=O)=O. The van der Waals surface area contributed by atoms with E-state index in [1.807, 2.05) is 62.4 Å². The van der Waals surface area contributed by atoms with Crippen LogP contribution in [0.2, 0.25) is 0 Å². The molecular formula is C52H44O17S5. The van der Waals surface area contributed by atoms with Crippen molar-refractivity contribution < 1.29 is 74.0 Å². The molecule has 0 heterocycles. The van der Waals surface area contributed by atoms with Crippen molar-refractivity contribution in [3.05, 3.63) is 199 Å². The van der Waals surface area contributed by atoms with E-state index in [0.29, 0.717) is 34.1 Å². The van der Waals surface area contributed by atoms with Crippen LogP contribution in [-0.2, 0) is 51.0 Å². The minimum atomic E-state index is -4.45. The van der Waals surface area contributed by atoms with Gasteiger partial charge in [-0.25, -0.2) is 16.8 Å². The van der Waals surface area contributed by atoms with E-state index in [2.05, 4.69) is 0 Å². The van der Waals surface area contributed by atoms with Crippen molar-refractivity contribution in [1.29, 1.82) is 0 Å². The highest BCUT2D eigenvalue weighted by molar-refractivity contribution is 7.91. The first-order chi connectivity index (χ1) is 35.0. The van der Waals surface area contributed by atoms with Crippen molar-refractivity contribution in [2.24, 2.45) is 0 Å². The Hall–Kier alpha value is -7.99. The summed E-state index contributed by atoms with van der Waals surface area (Å²) in [6.07, 6.45) is 0. The molecule has 0 aliphatic carbocycles. The normalized spacial score (nSPS) is 10.9. The maximum absolute atomic E-state index is 12.8. The number of sulfone groups is 2. The smallest absolute Gasteiger partial charge is 0.425 e. The summed E-state index contributed by atoms with van der Waals surface area (Å²) in [7, 11) is -14.9. The topological polar surface area (TPSA) is 262 Å². The number of hydrogen-bond acceptors (Lipinski definition) is 16. The average molecular weight is 1100 g/mol. The highest BCUT2D eigenvalue weighted by Crippen LogP contribution is 2.33. The Morgan fingerprint density at radius 1 is 0.351 bits per heavy atom. The molecule has 8 rings (SSSR count). The number of aryl methyl sites for hydroxylation is 2. The molecule has 1 N–H and O–H groups in total. The molecule has 0 spiro atoms. The van der Waals surface area contributed by atoms with E-state index in [0.717, 1.165) is 28.0 Å². The van der Waals surface area contributed by atoms with E-state index in [1.54, 1.807) is 122 Å². The molecule has 0 aliphatic rings. The van der Waals surface area contributed by atoms with Crippen LogP contribution in [-0.4, -0.2) is 69.3 Å². The van der Waals surface area contributed by atoms with Crippen LogP contribution in [0.3, 0.4) is 0 Å². The lowest BCUT2D eigenvalue weighted by Crippen LogP contribution is -2.02. The number of benzene rings is 8. The molecule has 0 saturated heterocycles. The van der Waals surface area contributed by atoms with Crippen LogP contribution in [0.1, 0.15) is 11.1 Å². The molecule has 17 nitrogen and oxygen atoms in total. The summed E-state index contributed by atoms with van der Waals surface area (Å²) in [6.45, 7) is 3.81. The lowest BCUT2D eigenvalue weighted by atomic mass is 10.1. The predicted octanol–water partition coefficient (Wildman–Crippen LogP) is 9.83. The average Bonchev–Trinajstić information content (AvgIpc) is 3.37. The van der Waals surface area contributed by atoms with Gasteiger partial charge in [0.05, 0.1) is 33.8 Å². The number of hydrogen-bond donors (Lipinski definition) is 1. The van der Waals surface area contributed by atoms with Crippen molar-refractivity contribution in [3.8, 4) is 56.8 Å². The highest BCUT2D eigenvalue weighted by Gasteiger charge is 2.20. The van der Waals surface area contributed by atoms with Gasteiger partial charge in [0.2, 0.25) is 19.7 Å². The summed E-state index contributed by atoms with van der Waals surface area (Å²) in [5.74, 6) is 3.07. The standard InChI is InChI=1S/C26H22O7S2.C26H22O4S.2O3S/c1-18-3-12-23(13-4-18)34(27,28)24-14-10-22(11-15-24)33-21-8-5-19(6-9-21)20-7-16-25(32-2)26(17-20)35(29,30)31;1-19-3-15-25(16-4-19)31(27,28)26-17-13-24(14-18-26)30-23-11-7-21(8-12-23)20-5-9-22(29-2)10-6-20;2*1-4(2)3/h3-17H,1-2H3,(H,29,30,31);3-18H,1-2H3;;. The maximum atomic E-state index is 12.8. The summed E-state index contributed by atoms with van der Waals surface area (Å²) in [5, 5.41) is 0. The summed E-state index contributed by atoms with van der Waals surface area (Å²) in [4.78, 5) is 0.583. The minimum Gasteiger partial charge on any atom is -0.497 e. The largest absolute Gasteiger partial charge is 0.497 e. The Morgan fingerprint density at radius 2 is 0.608 bits per heavy atom. The van der Waals surface area contributed by atoms with Crippen molar-refractivity contribution in [2.45, 2.75) is 38.3 Å². The van der Waals surface area contributed by atoms with Crippen LogP contribution in [0.15, 0.2) is 213 Å². The monoisotopic (exact) mass is 1100 g/mol. The summed E-state index contributed by atoms with van der Waals surface area (Å²) in [6, 6.07) is 53.0. The third-order valence-corrected chi connectivity index (χ3v) is 14.8. The van der Waals surface area contributed by atoms with Crippen molar-refractivity contribution >= 4 is 51.0 Å². The molecule has 0 fully saturated rings. The highest BCUT2D eigenvalue weighted by atomic mass is 32.2. The van der Waals surface area contributed by atoms with Gasteiger partial charge in [-0.15, -0.1) is 25.3 Å². The van der Waals surface area contributed by atoms with Crippen LogP contribution in [0, 0.1) is 13.8 Å². The van der Waals surface area contributed by atoms with Gasteiger partial charge in [-0.2, -0.15) is 8.42 Å². The molecule has 0 unspecified atom stereocenters. The molecule has 8 aromatic rings. The third kappa shape index (κ3) is 16.3. The van der Waals surface area contributed by atoms with Crippen LogP contribution in [0.4, 0.5) is 0 Å².